The lowest BCUT2D eigenvalue weighted by Crippen LogP contribution is -2.24. The molecule has 0 fully saturated rings. The van der Waals surface area contributed by atoms with E-state index in [9.17, 15) is 9.90 Å². The van der Waals surface area contributed by atoms with Gasteiger partial charge in [0, 0.05) is 18.0 Å². The Morgan fingerprint density at radius 1 is 1.69 bits per heavy atom. The summed E-state index contributed by atoms with van der Waals surface area (Å²) in [6.45, 7) is 3.18. The van der Waals surface area contributed by atoms with Gasteiger partial charge in [0.25, 0.3) is 0 Å². The van der Waals surface area contributed by atoms with E-state index in [0.29, 0.717) is 26.1 Å². The van der Waals surface area contributed by atoms with Gasteiger partial charge in [-0.15, -0.1) is 11.3 Å². The Balaban J connectivity index is 2.09. The Labute approximate surface area is 99.2 Å². The van der Waals surface area contributed by atoms with Crippen LogP contribution in [0.4, 0.5) is 0 Å². The van der Waals surface area contributed by atoms with E-state index in [1.165, 1.54) is 11.3 Å². The summed E-state index contributed by atoms with van der Waals surface area (Å²) in [7, 11) is 0. The van der Waals surface area contributed by atoms with Crippen molar-refractivity contribution in [2.45, 2.75) is 19.4 Å². The molecular formula is C11H17NO3S. The van der Waals surface area contributed by atoms with Crippen molar-refractivity contribution >= 4 is 17.3 Å². The average Bonchev–Trinajstić information content (AvgIpc) is 2.78. The van der Waals surface area contributed by atoms with Crippen LogP contribution in [0.3, 0.4) is 0 Å². The van der Waals surface area contributed by atoms with Crippen molar-refractivity contribution in [2.75, 3.05) is 19.7 Å². The van der Waals surface area contributed by atoms with Crippen molar-refractivity contribution in [1.29, 1.82) is 0 Å². The lowest BCUT2D eigenvalue weighted by Gasteiger charge is -2.09. The maximum absolute atomic E-state index is 11.0. The first-order valence-electron chi connectivity index (χ1n) is 5.31. The topological polar surface area (TPSA) is 58.6 Å². The van der Waals surface area contributed by atoms with Crippen LogP contribution in [0.2, 0.25) is 0 Å². The van der Waals surface area contributed by atoms with Crippen molar-refractivity contribution < 1.29 is 14.6 Å². The Hall–Kier alpha value is -0.910. The minimum Gasteiger partial charge on any atom is -0.466 e. The molecule has 0 spiro atoms. The molecular weight excluding hydrogens is 226 g/mol. The van der Waals surface area contributed by atoms with Gasteiger partial charge >= 0.3 is 5.97 Å². The van der Waals surface area contributed by atoms with Crippen LogP contribution in [0.15, 0.2) is 17.5 Å². The second-order valence-electron chi connectivity index (χ2n) is 3.29. The Morgan fingerprint density at radius 2 is 2.50 bits per heavy atom. The molecule has 2 N–H and O–H groups in total. The zero-order valence-electron chi connectivity index (χ0n) is 9.31. The fraction of sp³-hybridized carbons (Fsp3) is 0.545. The third kappa shape index (κ3) is 4.74. The molecule has 0 aliphatic rings. The second kappa shape index (κ2) is 7.38. The number of nitrogens with one attached hydrogen (secondary N) is 1. The first-order chi connectivity index (χ1) is 7.74. The van der Waals surface area contributed by atoms with Gasteiger partial charge in [-0.1, -0.05) is 6.07 Å². The summed E-state index contributed by atoms with van der Waals surface area (Å²) in [6.07, 6.45) is -0.160. The molecule has 1 rings (SSSR count). The Bertz CT molecular complexity index is 300. The van der Waals surface area contributed by atoms with Crippen LogP contribution in [0.1, 0.15) is 24.3 Å². The summed E-state index contributed by atoms with van der Waals surface area (Å²) in [4.78, 5) is 11.9. The van der Waals surface area contributed by atoms with Crippen LogP contribution in [-0.2, 0) is 9.53 Å². The van der Waals surface area contributed by atoms with Gasteiger partial charge in [0.1, 0.15) is 6.10 Å². The second-order valence-corrected chi connectivity index (χ2v) is 4.27. The number of thiophene rings is 1. The fourth-order valence-corrected chi connectivity index (χ4v) is 1.96. The van der Waals surface area contributed by atoms with Gasteiger partial charge in [-0.25, -0.2) is 0 Å². The molecule has 0 bridgehead atoms. The van der Waals surface area contributed by atoms with Crippen LogP contribution in [0.25, 0.3) is 0 Å². The van der Waals surface area contributed by atoms with Crippen molar-refractivity contribution in [1.82, 2.24) is 5.32 Å². The van der Waals surface area contributed by atoms with Crippen LogP contribution in [0, 0.1) is 0 Å². The first-order valence-corrected chi connectivity index (χ1v) is 6.19. The molecule has 0 amide bonds. The SMILES string of the molecule is CCOC(=O)CCNCC(O)c1cccs1. The van der Waals surface area contributed by atoms with Crippen LogP contribution in [-0.4, -0.2) is 30.8 Å². The average molecular weight is 243 g/mol. The van der Waals surface area contributed by atoms with E-state index in [1.807, 2.05) is 17.5 Å². The summed E-state index contributed by atoms with van der Waals surface area (Å²) in [5, 5.41) is 14.7. The highest BCUT2D eigenvalue weighted by molar-refractivity contribution is 7.10. The maximum Gasteiger partial charge on any atom is 0.307 e. The molecule has 4 nitrogen and oxygen atoms in total. The summed E-state index contributed by atoms with van der Waals surface area (Å²) in [5.74, 6) is -0.208. The molecule has 1 heterocycles. The lowest BCUT2D eigenvalue weighted by atomic mass is 10.3. The van der Waals surface area contributed by atoms with E-state index >= 15 is 0 Å². The number of aliphatic hydroxyl groups excluding tert-OH is 1. The number of rotatable bonds is 7. The molecule has 0 radical (unpaired) electrons. The molecule has 0 aliphatic carbocycles. The maximum atomic E-state index is 11.0. The normalized spacial score (nSPS) is 12.4. The molecule has 16 heavy (non-hydrogen) atoms. The van der Waals surface area contributed by atoms with Gasteiger partial charge in [0.2, 0.25) is 0 Å². The zero-order valence-corrected chi connectivity index (χ0v) is 10.1. The number of carbonyl (C=O) groups is 1. The number of esters is 1. The summed E-state index contributed by atoms with van der Waals surface area (Å²) in [6, 6.07) is 3.80. The monoisotopic (exact) mass is 243 g/mol. The van der Waals surface area contributed by atoms with Crippen molar-refractivity contribution in [3.8, 4) is 0 Å². The third-order valence-electron chi connectivity index (χ3n) is 2.02. The van der Waals surface area contributed by atoms with E-state index in [2.05, 4.69) is 5.32 Å². The van der Waals surface area contributed by atoms with Gasteiger partial charge < -0.3 is 15.2 Å². The number of aliphatic hydroxyl groups is 1. The highest BCUT2D eigenvalue weighted by Gasteiger charge is 2.08. The van der Waals surface area contributed by atoms with Crippen molar-refractivity contribution in [3.05, 3.63) is 22.4 Å². The summed E-state index contributed by atoms with van der Waals surface area (Å²) in [5.41, 5.74) is 0. The molecule has 0 saturated carbocycles. The molecule has 5 heteroatoms. The van der Waals surface area contributed by atoms with E-state index < -0.39 is 6.10 Å². The van der Waals surface area contributed by atoms with E-state index in [-0.39, 0.29) is 5.97 Å². The third-order valence-corrected chi connectivity index (χ3v) is 2.99. The number of hydrogen-bond acceptors (Lipinski definition) is 5. The number of ether oxygens (including phenoxy) is 1. The minimum absolute atomic E-state index is 0.208. The van der Waals surface area contributed by atoms with Crippen LogP contribution in [0.5, 0.6) is 0 Å². The zero-order chi connectivity index (χ0) is 11.8. The predicted octanol–water partition coefficient (Wildman–Crippen LogP) is 1.32. The molecule has 1 aromatic heterocycles. The van der Waals surface area contributed by atoms with E-state index in [4.69, 9.17) is 4.74 Å². The van der Waals surface area contributed by atoms with Gasteiger partial charge in [-0.3, -0.25) is 4.79 Å². The van der Waals surface area contributed by atoms with E-state index in [1.54, 1.807) is 6.92 Å². The van der Waals surface area contributed by atoms with Gasteiger partial charge in [-0.2, -0.15) is 0 Å². The first kappa shape index (κ1) is 13.2. The highest BCUT2D eigenvalue weighted by Crippen LogP contribution is 2.17. The molecule has 0 aliphatic heterocycles. The molecule has 90 valence electrons. The molecule has 1 atom stereocenters. The summed E-state index contributed by atoms with van der Waals surface area (Å²) < 4.78 is 4.78. The fourth-order valence-electron chi connectivity index (χ4n) is 1.24. The standard InChI is InChI=1S/C11H17NO3S/c1-2-15-11(14)5-6-12-8-9(13)10-4-3-7-16-10/h3-4,7,9,12-13H,2,5-6,8H2,1H3. The number of carbonyl (C=O) groups excluding carboxylic acids is 1. The van der Waals surface area contributed by atoms with Gasteiger partial charge in [0.15, 0.2) is 0 Å². The number of hydrogen-bond donors (Lipinski definition) is 2. The van der Waals surface area contributed by atoms with Crippen LogP contribution >= 0.6 is 11.3 Å². The Kier molecular flexibility index (Phi) is 6.07. The Morgan fingerprint density at radius 3 is 3.12 bits per heavy atom. The molecule has 1 unspecified atom stereocenters. The largest absolute Gasteiger partial charge is 0.466 e. The summed E-state index contributed by atoms with van der Waals surface area (Å²) >= 11 is 1.52. The quantitative estimate of drug-likeness (QED) is 0.560. The smallest absolute Gasteiger partial charge is 0.307 e. The van der Waals surface area contributed by atoms with Crippen LogP contribution < -0.4 is 5.32 Å². The predicted molar refractivity (Wildman–Crippen MR) is 63.4 cm³/mol. The lowest BCUT2D eigenvalue weighted by molar-refractivity contribution is -0.143. The van der Waals surface area contributed by atoms with Gasteiger partial charge in [0.05, 0.1) is 13.0 Å². The minimum atomic E-state index is -0.498. The molecule has 1 aromatic rings. The van der Waals surface area contributed by atoms with E-state index in [0.717, 1.165) is 4.88 Å². The highest BCUT2D eigenvalue weighted by atomic mass is 32.1. The van der Waals surface area contributed by atoms with Crippen molar-refractivity contribution in [3.63, 3.8) is 0 Å². The van der Waals surface area contributed by atoms with Gasteiger partial charge in [-0.05, 0) is 18.4 Å². The van der Waals surface area contributed by atoms with Crippen molar-refractivity contribution in [2.24, 2.45) is 0 Å². The molecule has 0 aromatic carbocycles. The molecule has 0 saturated heterocycles.